The van der Waals surface area contributed by atoms with Gasteiger partial charge in [0, 0.05) is 17.2 Å². The van der Waals surface area contributed by atoms with E-state index in [1.165, 1.54) is 16.7 Å². The number of benzene rings is 1. The smallest absolute Gasteiger partial charge is 0.0577 e. The van der Waals surface area contributed by atoms with Crippen molar-refractivity contribution in [1.82, 2.24) is 0 Å². The molecule has 0 aliphatic heterocycles. The predicted octanol–water partition coefficient (Wildman–Crippen LogP) is 3.97. The van der Waals surface area contributed by atoms with Crippen LogP contribution in [0, 0.1) is 0 Å². The quantitative estimate of drug-likeness (QED) is 0.656. The number of nitrogens with zero attached hydrogens (tertiary/aromatic N) is 1. The van der Waals surface area contributed by atoms with E-state index in [2.05, 4.69) is 49.7 Å². The molecule has 0 radical (unpaired) electrons. The Morgan fingerprint density at radius 3 is 2.56 bits per heavy atom. The Morgan fingerprint density at radius 1 is 1.25 bits per heavy atom. The second kappa shape index (κ2) is 3.75. The zero-order chi connectivity index (χ0) is 11.8. The van der Waals surface area contributed by atoms with Crippen LogP contribution in [0.25, 0.3) is 5.57 Å². The van der Waals surface area contributed by atoms with Gasteiger partial charge >= 0.3 is 0 Å². The average molecular weight is 211 g/mol. The Hall–Kier alpha value is -1.63. The van der Waals surface area contributed by atoms with Crippen LogP contribution in [0.15, 0.2) is 47.6 Å². The monoisotopic (exact) mass is 211 g/mol. The average Bonchev–Trinajstić information content (AvgIpc) is 2.49. The molecule has 1 aliphatic carbocycles. The standard InChI is InChI=1S/C15H17N/c1-5-11-12-9-7-8-10-13(12)15(3,4)14(11)16-6-2/h5-10H,1H2,2-4H3. The summed E-state index contributed by atoms with van der Waals surface area (Å²) in [6, 6.07) is 8.47. The van der Waals surface area contributed by atoms with Crippen molar-refractivity contribution in [2.45, 2.75) is 26.2 Å². The zero-order valence-electron chi connectivity index (χ0n) is 10.1. The largest absolute Gasteiger partial charge is 0.264 e. The first-order chi connectivity index (χ1) is 7.62. The van der Waals surface area contributed by atoms with E-state index in [0.717, 1.165) is 5.70 Å². The van der Waals surface area contributed by atoms with Crippen LogP contribution in [0.2, 0.25) is 0 Å². The maximum absolute atomic E-state index is 4.53. The minimum Gasteiger partial charge on any atom is -0.264 e. The van der Waals surface area contributed by atoms with Crippen LogP contribution in [0.3, 0.4) is 0 Å². The maximum atomic E-state index is 4.53. The Labute approximate surface area is 97.2 Å². The summed E-state index contributed by atoms with van der Waals surface area (Å²) in [5.74, 6) is 0. The molecule has 0 heterocycles. The van der Waals surface area contributed by atoms with E-state index in [9.17, 15) is 0 Å². The normalized spacial score (nSPS) is 17.9. The van der Waals surface area contributed by atoms with Crippen molar-refractivity contribution in [2.24, 2.45) is 4.99 Å². The maximum Gasteiger partial charge on any atom is 0.0577 e. The van der Waals surface area contributed by atoms with E-state index >= 15 is 0 Å². The zero-order valence-corrected chi connectivity index (χ0v) is 10.1. The van der Waals surface area contributed by atoms with Crippen LogP contribution in [0.5, 0.6) is 0 Å². The molecule has 1 heteroatoms. The molecule has 0 saturated carbocycles. The number of fused-ring (bicyclic) bond motifs is 1. The lowest BCUT2D eigenvalue weighted by Gasteiger charge is -2.21. The van der Waals surface area contributed by atoms with Crippen molar-refractivity contribution < 1.29 is 0 Å². The molecule has 0 aromatic heterocycles. The molecule has 2 rings (SSSR count). The van der Waals surface area contributed by atoms with Crippen LogP contribution in [-0.2, 0) is 5.41 Å². The number of allylic oxidation sites excluding steroid dienone is 3. The summed E-state index contributed by atoms with van der Waals surface area (Å²) in [4.78, 5) is 4.53. The van der Waals surface area contributed by atoms with Crippen molar-refractivity contribution in [3.05, 3.63) is 53.7 Å². The van der Waals surface area contributed by atoms with Crippen LogP contribution in [0.1, 0.15) is 31.9 Å². The van der Waals surface area contributed by atoms with Gasteiger partial charge in [-0.05, 0) is 18.1 Å². The molecule has 16 heavy (non-hydrogen) atoms. The van der Waals surface area contributed by atoms with E-state index in [0.29, 0.717) is 0 Å². The van der Waals surface area contributed by atoms with Gasteiger partial charge in [-0.2, -0.15) is 0 Å². The first-order valence-corrected chi connectivity index (χ1v) is 5.58. The molecule has 0 atom stereocenters. The van der Waals surface area contributed by atoms with Gasteiger partial charge in [0.05, 0.1) is 5.70 Å². The summed E-state index contributed by atoms with van der Waals surface area (Å²) in [7, 11) is 0. The summed E-state index contributed by atoms with van der Waals surface area (Å²) in [6.07, 6.45) is 3.77. The molecule has 0 saturated heterocycles. The predicted molar refractivity (Wildman–Crippen MR) is 70.8 cm³/mol. The van der Waals surface area contributed by atoms with Crippen LogP contribution in [-0.4, -0.2) is 6.21 Å². The number of rotatable bonds is 2. The Kier molecular flexibility index (Phi) is 2.55. The minimum atomic E-state index is -0.0212. The second-order valence-electron chi connectivity index (χ2n) is 4.52. The number of aliphatic imine (C=N–C) groups is 1. The molecule has 0 fully saturated rings. The van der Waals surface area contributed by atoms with Crippen molar-refractivity contribution in [1.29, 1.82) is 0 Å². The number of hydrogen-bond donors (Lipinski definition) is 0. The van der Waals surface area contributed by atoms with Gasteiger partial charge < -0.3 is 0 Å². The molecule has 1 aromatic carbocycles. The van der Waals surface area contributed by atoms with Gasteiger partial charge in [-0.1, -0.05) is 50.8 Å². The van der Waals surface area contributed by atoms with E-state index in [4.69, 9.17) is 0 Å². The fourth-order valence-corrected chi connectivity index (χ4v) is 2.42. The molecule has 0 spiro atoms. The molecular formula is C15H17N. The second-order valence-corrected chi connectivity index (χ2v) is 4.52. The van der Waals surface area contributed by atoms with Gasteiger partial charge in [0.15, 0.2) is 0 Å². The van der Waals surface area contributed by atoms with Crippen molar-refractivity contribution in [3.8, 4) is 0 Å². The fraction of sp³-hybridized carbons (Fsp3) is 0.267. The molecule has 1 nitrogen and oxygen atoms in total. The SMILES string of the molecule is C=CC1=C(N=CC)C(C)(C)c2ccccc21. The summed E-state index contributed by atoms with van der Waals surface area (Å²) in [5, 5.41) is 0. The third kappa shape index (κ3) is 1.35. The number of hydrogen-bond acceptors (Lipinski definition) is 1. The van der Waals surface area contributed by atoms with Gasteiger partial charge in [-0.25, -0.2) is 0 Å². The van der Waals surface area contributed by atoms with Crippen LogP contribution >= 0.6 is 0 Å². The highest BCUT2D eigenvalue weighted by Gasteiger charge is 2.36. The molecule has 0 bridgehead atoms. The van der Waals surface area contributed by atoms with Gasteiger partial charge in [0.25, 0.3) is 0 Å². The van der Waals surface area contributed by atoms with Gasteiger partial charge in [-0.3, -0.25) is 4.99 Å². The molecule has 0 unspecified atom stereocenters. The highest BCUT2D eigenvalue weighted by atomic mass is 14.8. The van der Waals surface area contributed by atoms with E-state index in [1.54, 1.807) is 0 Å². The van der Waals surface area contributed by atoms with Crippen LogP contribution < -0.4 is 0 Å². The first kappa shape index (κ1) is 10.9. The molecule has 0 N–H and O–H groups in total. The lowest BCUT2D eigenvalue weighted by Crippen LogP contribution is -2.16. The topological polar surface area (TPSA) is 12.4 Å². The lowest BCUT2D eigenvalue weighted by molar-refractivity contribution is 0.632. The summed E-state index contributed by atoms with van der Waals surface area (Å²) >= 11 is 0. The molecule has 82 valence electrons. The summed E-state index contributed by atoms with van der Waals surface area (Å²) < 4.78 is 0. The van der Waals surface area contributed by atoms with Crippen molar-refractivity contribution in [3.63, 3.8) is 0 Å². The Balaban J connectivity index is 2.74. The molecule has 0 amide bonds. The Bertz CT molecular complexity index is 490. The third-order valence-electron chi connectivity index (χ3n) is 3.20. The summed E-state index contributed by atoms with van der Waals surface area (Å²) in [5.41, 5.74) is 4.87. The highest BCUT2D eigenvalue weighted by molar-refractivity contribution is 5.86. The third-order valence-corrected chi connectivity index (χ3v) is 3.20. The fourth-order valence-electron chi connectivity index (χ4n) is 2.42. The van der Waals surface area contributed by atoms with Crippen LogP contribution in [0.4, 0.5) is 0 Å². The Morgan fingerprint density at radius 2 is 1.94 bits per heavy atom. The molecule has 1 aliphatic rings. The van der Waals surface area contributed by atoms with E-state index in [1.807, 2.05) is 19.2 Å². The van der Waals surface area contributed by atoms with E-state index < -0.39 is 0 Å². The molecular weight excluding hydrogens is 194 g/mol. The minimum absolute atomic E-state index is 0.0212. The van der Waals surface area contributed by atoms with Crippen molar-refractivity contribution >= 4 is 11.8 Å². The van der Waals surface area contributed by atoms with Gasteiger partial charge in [0.1, 0.15) is 0 Å². The van der Waals surface area contributed by atoms with Gasteiger partial charge in [-0.15, -0.1) is 0 Å². The highest BCUT2D eigenvalue weighted by Crippen LogP contribution is 2.46. The summed E-state index contributed by atoms with van der Waals surface area (Å²) in [6.45, 7) is 10.3. The lowest BCUT2D eigenvalue weighted by atomic mass is 9.85. The van der Waals surface area contributed by atoms with E-state index in [-0.39, 0.29) is 5.41 Å². The first-order valence-electron chi connectivity index (χ1n) is 5.58. The van der Waals surface area contributed by atoms with Crippen molar-refractivity contribution in [2.75, 3.05) is 0 Å². The molecule has 1 aromatic rings. The van der Waals surface area contributed by atoms with Gasteiger partial charge in [0.2, 0.25) is 0 Å².